The Kier molecular flexibility index (Phi) is 6.90. The summed E-state index contributed by atoms with van der Waals surface area (Å²) in [4.78, 5) is 24.3. The first kappa shape index (κ1) is 25.6. The molecular weight excluding hydrogens is 501 g/mol. The lowest BCUT2D eigenvalue weighted by atomic mass is 10.1. The quantitative estimate of drug-likeness (QED) is 0.536. The number of hydrogen-bond acceptors (Lipinski definition) is 9. The van der Waals surface area contributed by atoms with Gasteiger partial charge in [0.25, 0.3) is 0 Å². The van der Waals surface area contributed by atoms with Crippen molar-refractivity contribution in [1.82, 2.24) is 4.90 Å². The number of carbonyl (C=O) groups excluding carboxylic acids is 1. The van der Waals surface area contributed by atoms with Crippen LogP contribution in [0.25, 0.3) is 0 Å². The van der Waals surface area contributed by atoms with Gasteiger partial charge in [0.1, 0.15) is 29.9 Å². The first-order valence-corrected chi connectivity index (χ1v) is 13.0. The molecule has 0 saturated carbocycles. The maximum absolute atomic E-state index is 13.7. The molecule has 4 heterocycles. The summed E-state index contributed by atoms with van der Waals surface area (Å²) in [6.45, 7) is 3.44. The molecule has 10 nitrogen and oxygen atoms in total. The second-order valence-electron chi connectivity index (χ2n) is 9.37. The minimum atomic E-state index is -3.83. The maximum atomic E-state index is 13.7. The topological polar surface area (TPSA) is 122 Å². The fourth-order valence-corrected chi connectivity index (χ4v) is 6.09. The zero-order valence-electron chi connectivity index (χ0n) is 19.7. The lowest BCUT2D eigenvalue weighted by Gasteiger charge is -2.37. The number of amides is 1. The highest BCUT2D eigenvalue weighted by Gasteiger charge is 2.57. The van der Waals surface area contributed by atoms with Crippen molar-refractivity contribution < 1.29 is 46.3 Å². The normalized spacial score (nSPS) is 35.5. The Morgan fingerprint density at radius 1 is 1.25 bits per heavy atom. The number of ether oxygens (including phenoxy) is 3. The van der Waals surface area contributed by atoms with E-state index in [0.717, 1.165) is 18.2 Å². The average molecular weight is 529 g/mol. The minimum absolute atomic E-state index is 0.0686. The third-order valence-electron chi connectivity index (χ3n) is 6.21. The van der Waals surface area contributed by atoms with Gasteiger partial charge in [-0.1, -0.05) is 6.08 Å². The number of rotatable bonds is 6. The smallest absolute Gasteiger partial charge is 0.366 e. The van der Waals surface area contributed by atoms with Crippen molar-refractivity contribution in [2.75, 3.05) is 13.2 Å². The maximum Gasteiger partial charge on any atom is 0.378 e. The number of benzene rings is 1. The van der Waals surface area contributed by atoms with Gasteiger partial charge in [0.05, 0.1) is 19.3 Å². The van der Waals surface area contributed by atoms with E-state index in [1.807, 2.05) is 0 Å². The van der Waals surface area contributed by atoms with Crippen molar-refractivity contribution in [2.45, 2.75) is 63.1 Å². The van der Waals surface area contributed by atoms with Gasteiger partial charge in [0, 0.05) is 30.5 Å². The van der Waals surface area contributed by atoms with E-state index >= 15 is 0 Å². The van der Waals surface area contributed by atoms with E-state index in [0.29, 0.717) is 12.0 Å². The largest absolute Gasteiger partial charge is 0.378 e. The van der Waals surface area contributed by atoms with Crippen molar-refractivity contribution in [2.24, 2.45) is 5.73 Å². The Morgan fingerprint density at radius 2 is 1.97 bits per heavy atom. The summed E-state index contributed by atoms with van der Waals surface area (Å²) in [5.74, 6) is -2.93. The molecule has 36 heavy (non-hydrogen) atoms. The van der Waals surface area contributed by atoms with Crippen LogP contribution < -0.4 is 5.73 Å². The zero-order valence-corrected chi connectivity index (χ0v) is 20.6. The van der Waals surface area contributed by atoms with Gasteiger partial charge >= 0.3 is 8.17 Å². The number of fused-ring (bicyclic) bond motifs is 1. The number of nitrogens with two attached hydrogens (primary N) is 1. The van der Waals surface area contributed by atoms with Gasteiger partial charge in [-0.05, 0) is 38.0 Å². The molecule has 4 aliphatic rings. The molecule has 13 heteroatoms. The van der Waals surface area contributed by atoms with Gasteiger partial charge in [-0.25, -0.2) is 8.78 Å². The van der Waals surface area contributed by atoms with Crippen LogP contribution in [0.15, 0.2) is 42.2 Å². The molecule has 0 spiro atoms. The monoisotopic (exact) mass is 529 g/mol. The van der Waals surface area contributed by atoms with E-state index in [4.69, 9.17) is 33.5 Å². The number of allylic oxidation sites excluding steroid dienone is 1. The predicted molar refractivity (Wildman–Crippen MR) is 121 cm³/mol. The van der Waals surface area contributed by atoms with Crippen LogP contribution in [0.1, 0.15) is 38.4 Å². The molecule has 0 bridgehead atoms. The lowest BCUT2D eigenvalue weighted by Crippen LogP contribution is -2.40. The van der Waals surface area contributed by atoms with Crippen LogP contribution in [0.2, 0.25) is 0 Å². The molecule has 3 fully saturated rings. The molecule has 1 aromatic rings. The second kappa shape index (κ2) is 9.70. The van der Waals surface area contributed by atoms with Crippen molar-refractivity contribution >= 4 is 14.1 Å². The molecule has 0 aliphatic carbocycles. The third kappa shape index (κ3) is 5.32. The SMILES string of the molecule is CC1(C)O[C@@H]2[C@H](O1)C(CO[P]1(O)OCCC(c3cc(F)cc(F)c3)O1)O[C@H]2N1C=CCC(C(N)=O)=C1. The second-order valence-corrected chi connectivity index (χ2v) is 11.0. The minimum Gasteiger partial charge on any atom is -0.366 e. The number of nitrogens with zero attached hydrogens (tertiary/aromatic N) is 1. The van der Waals surface area contributed by atoms with Crippen LogP contribution in [0.5, 0.6) is 0 Å². The molecule has 5 rings (SSSR count). The summed E-state index contributed by atoms with van der Waals surface area (Å²) >= 11 is 0. The molecule has 3 N–H and O–H groups in total. The van der Waals surface area contributed by atoms with Gasteiger partial charge in [0.15, 0.2) is 12.0 Å². The predicted octanol–water partition coefficient (Wildman–Crippen LogP) is 2.96. The fourth-order valence-electron chi connectivity index (χ4n) is 4.68. The van der Waals surface area contributed by atoms with Crippen molar-refractivity contribution in [3.05, 3.63) is 59.4 Å². The summed E-state index contributed by atoms with van der Waals surface area (Å²) in [6.07, 6.45) is 2.60. The first-order chi connectivity index (χ1) is 17.0. The Morgan fingerprint density at radius 3 is 2.69 bits per heavy atom. The molecule has 1 amide bonds. The molecule has 3 saturated heterocycles. The van der Waals surface area contributed by atoms with Crippen molar-refractivity contribution in [3.63, 3.8) is 0 Å². The highest BCUT2D eigenvalue weighted by Crippen LogP contribution is 2.64. The summed E-state index contributed by atoms with van der Waals surface area (Å²) < 4.78 is 62.4. The van der Waals surface area contributed by atoms with E-state index in [-0.39, 0.29) is 25.2 Å². The molecule has 4 aliphatic heterocycles. The van der Waals surface area contributed by atoms with E-state index < -0.39 is 62.1 Å². The Labute approximate surface area is 207 Å². The number of carbonyl (C=O) groups is 1. The highest BCUT2D eigenvalue weighted by molar-refractivity contribution is 7.55. The summed E-state index contributed by atoms with van der Waals surface area (Å²) in [5, 5.41) is 0. The highest BCUT2D eigenvalue weighted by atomic mass is 31.2. The first-order valence-electron chi connectivity index (χ1n) is 11.5. The Hall–Kier alpha value is -2.02. The van der Waals surface area contributed by atoms with E-state index in [9.17, 15) is 18.5 Å². The van der Waals surface area contributed by atoms with E-state index in [2.05, 4.69) is 0 Å². The lowest BCUT2D eigenvalue weighted by molar-refractivity contribution is -0.202. The molecule has 3 unspecified atom stereocenters. The summed E-state index contributed by atoms with van der Waals surface area (Å²) in [7, 11) is -3.83. The van der Waals surface area contributed by atoms with Crippen molar-refractivity contribution in [1.29, 1.82) is 0 Å². The van der Waals surface area contributed by atoms with Gasteiger partial charge in [-0.2, -0.15) is 0 Å². The van der Waals surface area contributed by atoms with Crippen LogP contribution in [0, 0.1) is 11.6 Å². The number of hydrogen-bond donors (Lipinski definition) is 2. The molecule has 1 radical (unpaired) electrons. The molecule has 6 atom stereocenters. The average Bonchev–Trinajstić information content (AvgIpc) is 3.30. The summed E-state index contributed by atoms with van der Waals surface area (Å²) in [6, 6.07) is 3.05. The van der Waals surface area contributed by atoms with Crippen molar-refractivity contribution in [3.8, 4) is 0 Å². The van der Waals surface area contributed by atoms with Crippen LogP contribution >= 0.6 is 8.17 Å². The van der Waals surface area contributed by atoms with Crippen LogP contribution in [-0.2, 0) is 32.6 Å². The van der Waals surface area contributed by atoms with E-state index in [1.54, 1.807) is 37.2 Å². The number of primary amides is 1. The zero-order chi connectivity index (χ0) is 25.7. The van der Waals surface area contributed by atoms with Gasteiger partial charge < -0.3 is 29.7 Å². The van der Waals surface area contributed by atoms with Crippen LogP contribution in [-0.4, -0.2) is 59.2 Å². The number of halogens is 2. The van der Waals surface area contributed by atoms with Gasteiger partial charge in [-0.15, -0.1) is 0 Å². The third-order valence-corrected chi connectivity index (χ3v) is 7.71. The molecule has 197 valence electrons. The molecular formula is C23H28F2N2O8P. The van der Waals surface area contributed by atoms with E-state index in [1.165, 1.54) is 0 Å². The van der Waals surface area contributed by atoms with Gasteiger partial charge in [-0.3, -0.25) is 18.4 Å². The van der Waals surface area contributed by atoms with Crippen LogP contribution in [0.4, 0.5) is 8.78 Å². The van der Waals surface area contributed by atoms with Crippen LogP contribution in [0.3, 0.4) is 0 Å². The summed E-state index contributed by atoms with van der Waals surface area (Å²) in [5.41, 5.74) is 6.09. The Bertz CT molecular complexity index is 1070. The van der Waals surface area contributed by atoms with Gasteiger partial charge in [0.2, 0.25) is 5.91 Å². The molecule has 1 aromatic carbocycles. The fraction of sp³-hybridized carbons (Fsp3) is 0.522. The Balaban J connectivity index is 1.29. The standard InChI is InChI=1S/C23H28F2N2O8P/c1-23(2)33-19-18(32-22(20(19)34-23)27-6-3-4-13(11-27)21(26)28)12-31-36(29)30-7-5-17(35-36)14-8-15(24)10-16(25)9-14/h3,6,8-11,17-20,22,29H,4-5,7,12H2,1-2H3,(H2,26,28)/t17?,18?,19-,20-,22-/m1/s1. The molecule has 0 aromatic heterocycles.